The Morgan fingerprint density at radius 2 is 2.05 bits per heavy atom. The van der Waals surface area contributed by atoms with Crippen LogP contribution in [-0.4, -0.2) is 42.9 Å². The summed E-state index contributed by atoms with van der Waals surface area (Å²) < 4.78 is 10.1. The molecule has 0 radical (unpaired) electrons. The second kappa shape index (κ2) is 5.46. The van der Waals surface area contributed by atoms with Crippen molar-refractivity contribution in [1.29, 1.82) is 0 Å². The SMILES string of the molecule is COC(=O)[C@H]1[C@H](C)ON2[C@H](c3ccccc3)COC(=O)[C@@H]12. The van der Waals surface area contributed by atoms with E-state index in [-0.39, 0.29) is 12.6 Å². The maximum Gasteiger partial charge on any atom is 0.326 e. The molecular formula is C15H17NO5. The largest absolute Gasteiger partial charge is 0.469 e. The number of benzene rings is 1. The quantitative estimate of drug-likeness (QED) is 0.760. The van der Waals surface area contributed by atoms with Crippen LogP contribution in [0.15, 0.2) is 30.3 Å². The lowest BCUT2D eigenvalue weighted by Gasteiger charge is -2.35. The Morgan fingerprint density at radius 3 is 2.71 bits per heavy atom. The minimum Gasteiger partial charge on any atom is -0.469 e. The van der Waals surface area contributed by atoms with E-state index in [1.807, 2.05) is 30.3 Å². The second-order valence-electron chi connectivity index (χ2n) is 5.22. The van der Waals surface area contributed by atoms with Crippen molar-refractivity contribution in [3.8, 4) is 0 Å². The van der Waals surface area contributed by atoms with Gasteiger partial charge in [-0.2, -0.15) is 5.06 Å². The summed E-state index contributed by atoms with van der Waals surface area (Å²) in [5.74, 6) is -1.57. The standard InChI is InChI=1S/C15H17NO5/c1-9-12(14(17)19-2)13-15(18)20-8-11(16(13)21-9)10-6-4-3-5-7-10/h3-7,9,11-13H,8H2,1-2H3/t9-,11-,12-,13+/m0/s1. The van der Waals surface area contributed by atoms with Gasteiger partial charge in [-0.05, 0) is 12.5 Å². The first kappa shape index (κ1) is 14.0. The van der Waals surface area contributed by atoms with Crippen LogP contribution in [0.1, 0.15) is 18.5 Å². The molecule has 0 aliphatic carbocycles. The third kappa shape index (κ3) is 2.30. The minimum atomic E-state index is -0.758. The van der Waals surface area contributed by atoms with Crippen LogP contribution in [-0.2, 0) is 23.9 Å². The van der Waals surface area contributed by atoms with Crippen molar-refractivity contribution in [2.45, 2.75) is 25.1 Å². The highest BCUT2D eigenvalue weighted by Gasteiger charge is 2.55. The molecule has 21 heavy (non-hydrogen) atoms. The second-order valence-corrected chi connectivity index (χ2v) is 5.22. The first-order valence-electron chi connectivity index (χ1n) is 6.88. The fraction of sp³-hybridized carbons (Fsp3) is 0.467. The van der Waals surface area contributed by atoms with E-state index in [1.54, 1.807) is 12.0 Å². The van der Waals surface area contributed by atoms with Gasteiger partial charge >= 0.3 is 11.9 Å². The molecule has 6 nitrogen and oxygen atoms in total. The summed E-state index contributed by atoms with van der Waals surface area (Å²) in [7, 11) is 1.31. The molecule has 0 unspecified atom stereocenters. The molecule has 1 aromatic carbocycles. The maximum atomic E-state index is 12.1. The lowest BCUT2D eigenvalue weighted by molar-refractivity contribution is -0.225. The van der Waals surface area contributed by atoms with Crippen molar-refractivity contribution >= 4 is 11.9 Å². The Morgan fingerprint density at radius 1 is 1.33 bits per heavy atom. The number of fused-ring (bicyclic) bond motifs is 1. The van der Waals surface area contributed by atoms with Crippen molar-refractivity contribution in [1.82, 2.24) is 5.06 Å². The molecule has 0 amide bonds. The van der Waals surface area contributed by atoms with Gasteiger partial charge in [-0.25, -0.2) is 0 Å². The number of morpholine rings is 1. The predicted molar refractivity (Wildman–Crippen MR) is 71.8 cm³/mol. The molecule has 2 fully saturated rings. The van der Waals surface area contributed by atoms with Crippen molar-refractivity contribution in [3.63, 3.8) is 0 Å². The minimum absolute atomic E-state index is 0.208. The molecule has 2 aliphatic heterocycles. The summed E-state index contributed by atoms with van der Waals surface area (Å²) in [4.78, 5) is 29.8. The molecule has 3 rings (SSSR count). The number of esters is 2. The number of carbonyl (C=O) groups excluding carboxylic acids is 2. The fourth-order valence-electron chi connectivity index (χ4n) is 2.95. The van der Waals surface area contributed by atoms with Gasteiger partial charge in [0.05, 0.1) is 19.3 Å². The highest BCUT2D eigenvalue weighted by Crippen LogP contribution is 2.39. The number of cyclic esters (lactones) is 1. The van der Waals surface area contributed by atoms with Crippen molar-refractivity contribution in [2.75, 3.05) is 13.7 Å². The molecule has 1 aromatic rings. The van der Waals surface area contributed by atoms with E-state index in [1.165, 1.54) is 7.11 Å². The van der Waals surface area contributed by atoms with Crippen LogP contribution in [0.5, 0.6) is 0 Å². The van der Waals surface area contributed by atoms with Crippen LogP contribution < -0.4 is 0 Å². The van der Waals surface area contributed by atoms with E-state index in [0.717, 1.165) is 5.56 Å². The molecule has 0 spiro atoms. The van der Waals surface area contributed by atoms with Crippen molar-refractivity contribution in [2.24, 2.45) is 5.92 Å². The van der Waals surface area contributed by atoms with Crippen LogP contribution >= 0.6 is 0 Å². The van der Waals surface area contributed by atoms with E-state index in [9.17, 15) is 9.59 Å². The van der Waals surface area contributed by atoms with Crippen LogP contribution in [0.3, 0.4) is 0 Å². The number of hydrogen-bond acceptors (Lipinski definition) is 6. The summed E-state index contributed by atoms with van der Waals surface area (Å²) in [6.07, 6.45) is -0.431. The molecule has 6 heteroatoms. The zero-order chi connectivity index (χ0) is 15.0. The van der Waals surface area contributed by atoms with Crippen LogP contribution in [0.25, 0.3) is 0 Å². The number of methoxy groups -OCH3 is 1. The first-order chi connectivity index (χ1) is 10.1. The summed E-state index contributed by atoms with van der Waals surface area (Å²) in [6.45, 7) is 1.97. The van der Waals surface area contributed by atoms with E-state index < -0.39 is 30.0 Å². The average molecular weight is 291 g/mol. The molecule has 0 N–H and O–H groups in total. The highest BCUT2D eigenvalue weighted by atomic mass is 16.7. The van der Waals surface area contributed by atoms with Gasteiger partial charge < -0.3 is 9.47 Å². The summed E-state index contributed by atoms with van der Waals surface area (Å²) in [5.41, 5.74) is 0.979. The smallest absolute Gasteiger partial charge is 0.326 e. The Hall–Kier alpha value is -1.92. The number of hydroxylamine groups is 2. The molecule has 0 bridgehead atoms. The van der Waals surface area contributed by atoms with E-state index in [0.29, 0.717) is 0 Å². The van der Waals surface area contributed by atoms with Gasteiger partial charge in [0.1, 0.15) is 18.6 Å². The zero-order valence-corrected chi connectivity index (χ0v) is 11.9. The van der Waals surface area contributed by atoms with Gasteiger partial charge in [0.2, 0.25) is 0 Å². The monoisotopic (exact) mass is 291 g/mol. The predicted octanol–water partition coefficient (Wildman–Crippen LogP) is 1.08. The molecular weight excluding hydrogens is 274 g/mol. The number of rotatable bonds is 2. The Kier molecular flexibility index (Phi) is 3.65. The topological polar surface area (TPSA) is 65.1 Å². The van der Waals surface area contributed by atoms with Crippen LogP contribution in [0, 0.1) is 5.92 Å². The number of nitrogens with zero attached hydrogens (tertiary/aromatic N) is 1. The van der Waals surface area contributed by atoms with Gasteiger partial charge in [0.15, 0.2) is 0 Å². The van der Waals surface area contributed by atoms with Crippen LogP contribution in [0.4, 0.5) is 0 Å². The number of hydrogen-bond donors (Lipinski definition) is 0. The Bertz CT molecular complexity index is 546. The van der Waals surface area contributed by atoms with Crippen molar-refractivity contribution in [3.05, 3.63) is 35.9 Å². The fourth-order valence-corrected chi connectivity index (χ4v) is 2.95. The summed E-state index contributed by atoms with van der Waals surface area (Å²) in [6, 6.07) is 8.66. The molecule has 4 atom stereocenters. The summed E-state index contributed by atoms with van der Waals surface area (Å²) in [5, 5.41) is 1.59. The zero-order valence-electron chi connectivity index (χ0n) is 11.9. The number of ether oxygens (including phenoxy) is 2. The third-order valence-corrected chi connectivity index (χ3v) is 4.00. The first-order valence-corrected chi connectivity index (χ1v) is 6.88. The molecule has 2 heterocycles. The van der Waals surface area contributed by atoms with E-state index in [2.05, 4.69) is 0 Å². The van der Waals surface area contributed by atoms with Gasteiger partial charge in [-0.3, -0.25) is 14.4 Å². The molecule has 2 aliphatic rings. The Labute approximate surface area is 122 Å². The number of carbonyl (C=O) groups is 2. The maximum absolute atomic E-state index is 12.1. The average Bonchev–Trinajstić information content (AvgIpc) is 2.85. The molecule has 0 saturated carbocycles. The normalized spacial score (nSPS) is 32.4. The molecule has 112 valence electrons. The third-order valence-electron chi connectivity index (χ3n) is 4.00. The van der Waals surface area contributed by atoms with E-state index in [4.69, 9.17) is 14.3 Å². The molecule has 0 aromatic heterocycles. The lowest BCUT2D eigenvalue weighted by atomic mass is 9.93. The lowest BCUT2D eigenvalue weighted by Crippen LogP contribution is -2.50. The van der Waals surface area contributed by atoms with E-state index >= 15 is 0 Å². The van der Waals surface area contributed by atoms with Crippen molar-refractivity contribution < 1.29 is 23.9 Å². The van der Waals surface area contributed by atoms with Gasteiger partial charge in [-0.1, -0.05) is 30.3 Å². The van der Waals surface area contributed by atoms with Gasteiger partial charge in [-0.15, -0.1) is 0 Å². The summed E-state index contributed by atoms with van der Waals surface area (Å²) >= 11 is 0. The molecule has 2 saturated heterocycles. The highest BCUT2D eigenvalue weighted by molar-refractivity contribution is 5.86. The van der Waals surface area contributed by atoms with Gasteiger partial charge in [0.25, 0.3) is 0 Å². The van der Waals surface area contributed by atoms with Crippen LogP contribution in [0.2, 0.25) is 0 Å². The Balaban J connectivity index is 1.93. The van der Waals surface area contributed by atoms with Gasteiger partial charge in [0, 0.05) is 0 Å².